The van der Waals surface area contributed by atoms with Crippen molar-refractivity contribution in [1.29, 1.82) is 0 Å². The number of anilines is 1. The van der Waals surface area contributed by atoms with Crippen LogP contribution in [0.5, 0.6) is 0 Å². The van der Waals surface area contributed by atoms with Gasteiger partial charge in [-0.05, 0) is 13.0 Å². The third-order valence-corrected chi connectivity index (χ3v) is 3.46. The summed E-state index contributed by atoms with van der Waals surface area (Å²) < 4.78 is 5.22. The number of aliphatic hydroxyl groups excluding tert-OH is 1. The highest BCUT2D eigenvalue weighted by Gasteiger charge is 2.36. The highest BCUT2D eigenvalue weighted by molar-refractivity contribution is 6.33. The fraction of sp³-hybridized carbons (Fsp3) is 0.417. The zero-order chi connectivity index (χ0) is 13.4. The lowest BCUT2D eigenvalue weighted by atomic mass is 10.2. The summed E-state index contributed by atoms with van der Waals surface area (Å²) in [5, 5.41) is 14.2. The summed E-state index contributed by atoms with van der Waals surface area (Å²) in [5.74, 6) is 1.08. The van der Waals surface area contributed by atoms with Crippen LogP contribution in [0, 0.1) is 6.92 Å². The van der Waals surface area contributed by atoms with E-state index in [0.29, 0.717) is 29.7 Å². The van der Waals surface area contributed by atoms with Crippen molar-refractivity contribution in [2.24, 2.45) is 0 Å². The van der Waals surface area contributed by atoms with E-state index in [1.54, 1.807) is 19.3 Å². The molecule has 1 saturated heterocycles. The molecule has 3 rings (SSSR count). The van der Waals surface area contributed by atoms with Crippen molar-refractivity contribution >= 4 is 17.3 Å². The minimum absolute atomic E-state index is 0.156. The van der Waals surface area contributed by atoms with Crippen LogP contribution in [0.4, 0.5) is 5.69 Å². The smallest absolute Gasteiger partial charge is 0.249 e. The van der Waals surface area contributed by atoms with Crippen molar-refractivity contribution in [1.82, 2.24) is 15.1 Å². The summed E-state index contributed by atoms with van der Waals surface area (Å²) in [6.45, 7) is 2.25. The van der Waals surface area contributed by atoms with Crippen LogP contribution < -0.4 is 4.90 Å². The van der Waals surface area contributed by atoms with E-state index < -0.39 is 6.10 Å². The highest BCUT2D eigenvalue weighted by atomic mass is 35.5. The number of hydrogen-bond acceptors (Lipinski definition) is 6. The van der Waals surface area contributed by atoms with Crippen molar-refractivity contribution in [3.05, 3.63) is 35.2 Å². The molecule has 6 nitrogen and oxygen atoms in total. The average Bonchev–Trinajstić information content (AvgIpc) is 2.96. The number of aromatic nitrogens is 3. The largest absolute Gasteiger partial charge is 0.391 e. The highest BCUT2D eigenvalue weighted by Crippen LogP contribution is 2.38. The van der Waals surface area contributed by atoms with Gasteiger partial charge in [0.25, 0.3) is 0 Å². The number of β-amino-alcohol motifs (C(OH)–C–C–N with tert-alkyl or cyclic N) is 1. The normalized spacial score (nSPS) is 23.0. The lowest BCUT2D eigenvalue weighted by Crippen LogP contribution is -2.24. The Balaban J connectivity index is 1.97. The molecule has 100 valence electrons. The molecule has 1 aliphatic rings. The van der Waals surface area contributed by atoms with Gasteiger partial charge in [-0.15, -0.1) is 0 Å². The molecule has 1 fully saturated rings. The Labute approximate surface area is 115 Å². The molecule has 3 heterocycles. The number of hydrogen-bond donors (Lipinski definition) is 1. The molecule has 0 aromatic carbocycles. The third kappa shape index (κ3) is 2.29. The van der Waals surface area contributed by atoms with Crippen LogP contribution in [0.2, 0.25) is 5.02 Å². The summed E-state index contributed by atoms with van der Waals surface area (Å²) in [4.78, 5) is 10.2. The van der Waals surface area contributed by atoms with E-state index in [1.165, 1.54) is 0 Å². The van der Waals surface area contributed by atoms with Gasteiger partial charge in [-0.1, -0.05) is 16.8 Å². The lowest BCUT2D eigenvalue weighted by molar-refractivity contribution is 0.191. The van der Waals surface area contributed by atoms with E-state index in [-0.39, 0.29) is 6.04 Å². The molecule has 2 aromatic heterocycles. The Morgan fingerprint density at radius 2 is 2.37 bits per heavy atom. The molecule has 0 bridgehead atoms. The van der Waals surface area contributed by atoms with E-state index in [1.807, 2.05) is 11.0 Å². The van der Waals surface area contributed by atoms with Gasteiger partial charge in [-0.25, -0.2) is 0 Å². The van der Waals surface area contributed by atoms with E-state index >= 15 is 0 Å². The van der Waals surface area contributed by atoms with Crippen molar-refractivity contribution in [2.45, 2.75) is 25.5 Å². The zero-order valence-electron chi connectivity index (χ0n) is 10.3. The first-order valence-corrected chi connectivity index (χ1v) is 6.37. The third-order valence-electron chi connectivity index (χ3n) is 3.17. The van der Waals surface area contributed by atoms with Gasteiger partial charge in [-0.2, -0.15) is 4.98 Å². The van der Waals surface area contributed by atoms with E-state index in [2.05, 4.69) is 15.1 Å². The Hall–Kier alpha value is -1.66. The molecule has 0 aliphatic carbocycles. The van der Waals surface area contributed by atoms with Crippen LogP contribution in [-0.2, 0) is 0 Å². The molecule has 2 atom stereocenters. The maximum absolute atomic E-state index is 9.90. The predicted molar refractivity (Wildman–Crippen MR) is 69.0 cm³/mol. The second kappa shape index (κ2) is 4.79. The van der Waals surface area contributed by atoms with Crippen molar-refractivity contribution in [2.75, 3.05) is 11.4 Å². The minimum Gasteiger partial charge on any atom is -0.391 e. The van der Waals surface area contributed by atoms with Crippen LogP contribution in [0.25, 0.3) is 0 Å². The first kappa shape index (κ1) is 12.4. The van der Waals surface area contributed by atoms with Crippen LogP contribution in [0.15, 0.2) is 23.0 Å². The van der Waals surface area contributed by atoms with Crippen molar-refractivity contribution in [3.63, 3.8) is 0 Å². The monoisotopic (exact) mass is 280 g/mol. The fourth-order valence-electron chi connectivity index (χ4n) is 2.36. The van der Waals surface area contributed by atoms with E-state index in [9.17, 15) is 5.11 Å². The SMILES string of the molecule is Cc1noc([C@H]2C[C@H](O)CN2c2ccncc2Cl)n1. The molecule has 7 heteroatoms. The van der Waals surface area contributed by atoms with Gasteiger partial charge in [-0.3, -0.25) is 4.98 Å². The molecule has 0 radical (unpaired) electrons. The quantitative estimate of drug-likeness (QED) is 0.903. The van der Waals surface area contributed by atoms with Crippen molar-refractivity contribution in [3.8, 4) is 0 Å². The minimum atomic E-state index is -0.443. The summed E-state index contributed by atoms with van der Waals surface area (Å²) in [7, 11) is 0. The standard InChI is InChI=1S/C12H13ClN4O2/c1-7-15-12(19-16-7)11-4-8(18)6-17(11)10-2-3-14-5-9(10)13/h2-3,5,8,11,18H,4,6H2,1H3/t8-,11+/m0/s1. The molecule has 1 aliphatic heterocycles. The molecule has 0 saturated carbocycles. The van der Waals surface area contributed by atoms with Crippen LogP contribution in [0.1, 0.15) is 24.2 Å². The maximum Gasteiger partial charge on any atom is 0.249 e. The molecular formula is C12H13ClN4O2. The molecule has 0 spiro atoms. The van der Waals surface area contributed by atoms with Gasteiger partial charge in [0, 0.05) is 25.4 Å². The van der Waals surface area contributed by atoms with Gasteiger partial charge in [0.05, 0.1) is 16.8 Å². The molecule has 0 unspecified atom stereocenters. The Kier molecular flexibility index (Phi) is 3.12. The van der Waals surface area contributed by atoms with Crippen molar-refractivity contribution < 1.29 is 9.63 Å². The first-order valence-electron chi connectivity index (χ1n) is 5.99. The summed E-state index contributed by atoms with van der Waals surface area (Å²) in [6, 6.07) is 1.66. The number of aryl methyl sites for hydroxylation is 1. The Morgan fingerprint density at radius 3 is 3.05 bits per heavy atom. The molecule has 0 amide bonds. The molecule has 19 heavy (non-hydrogen) atoms. The van der Waals surface area contributed by atoms with E-state index in [0.717, 1.165) is 5.69 Å². The molecule has 2 aromatic rings. The number of pyridine rings is 1. The second-order valence-corrected chi connectivity index (χ2v) is 4.97. The topological polar surface area (TPSA) is 75.3 Å². The number of halogens is 1. The molecular weight excluding hydrogens is 268 g/mol. The van der Waals surface area contributed by atoms with Crippen LogP contribution in [-0.4, -0.2) is 32.9 Å². The van der Waals surface area contributed by atoms with Gasteiger partial charge in [0.2, 0.25) is 5.89 Å². The van der Waals surface area contributed by atoms with Gasteiger partial charge >= 0.3 is 0 Å². The zero-order valence-corrected chi connectivity index (χ0v) is 11.1. The average molecular weight is 281 g/mol. The lowest BCUT2D eigenvalue weighted by Gasteiger charge is -2.24. The molecule has 1 N–H and O–H groups in total. The summed E-state index contributed by atoms with van der Waals surface area (Å²) in [6.07, 6.45) is 3.35. The fourth-order valence-corrected chi connectivity index (χ4v) is 2.59. The van der Waals surface area contributed by atoms with E-state index in [4.69, 9.17) is 16.1 Å². The summed E-state index contributed by atoms with van der Waals surface area (Å²) in [5.41, 5.74) is 0.814. The number of rotatable bonds is 2. The maximum atomic E-state index is 9.90. The Bertz CT molecular complexity index is 589. The van der Waals surface area contributed by atoms with Gasteiger partial charge < -0.3 is 14.5 Å². The van der Waals surface area contributed by atoms with Gasteiger partial charge in [0.15, 0.2) is 5.82 Å². The van der Waals surface area contributed by atoms with Crippen LogP contribution in [0.3, 0.4) is 0 Å². The number of aliphatic hydroxyl groups is 1. The summed E-state index contributed by atoms with van der Waals surface area (Å²) >= 11 is 6.16. The van der Waals surface area contributed by atoms with Crippen LogP contribution >= 0.6 is 11.6 Å². The number of nitrogens with zero attached hydrogens (tertiary/aromatic N) is 4. The predicted octanol–water partition coefficient (Wildman–Crippen LogP) is 1.74. The Morgan fingerprint density at radius 1 is 1.53 bits per heavy atom. The second-order valence-electron chi connectivity index (χ2n) is 4.56. The first-order chi connectivity index (χ1) is 9.15. The van der Waals surface area contributed by atoms with Gasteiger partial charge in [0.1, 0.15) is 6.04 Å².